The van der Waals surface area contributed by atoms with E-state index in [1.54, 1.807) is 6.08 Å². The van der Waals surface area contributed by atoms with Crippen LogP contribution < -0.4 is 4.90 Å². The Labute approximate surface area is 110 Å². The average molecular weight is 262 g/mol. The van der Waals surface area contributed by atoms with E-state index >= 15 is 0 Å². The summed E-state index contributed by atoms with van der Waals surface area (Å²) >= 11 is 1.05. The minimum absolute atomic E-state index is 0.130. The minimum atomic E-state index is -0.176. The Bertz CT molecular complexity index is 445. The maximum absolute atomic E-state index is 11.6. The second-order valence-corrected chi connectivity index (χ2v) is 4.79. The van der Waals surface area contributed by atoms with Crippen LogP contribution in [0.4, 0.5) is 10.5 Å². The normalized spacial score (nSPS) is 15.0. The van der Waals surface area contributed by atoms with Crippen molar-refractivity contribution in [2.45, 2.75) is 0 Å². The van der Waals surface area contributed by atoms with Crippen molar-refractivity contribution < 1.29 is 9.59 Å². The molecule has 94 valence electrons. The number of hydrogen-bond acceptors (Lipinski definition) is 4. The molecule has 1 aromatic rings. The SMILES string of the molecule is C=CCN(CN1C(=O)CSC1=O)c1ccccc1. The standard InChI is InChI=1S/C13H14N2O2S/c1-2-8-14(11-6-4-3-5-7-11)10-15-12(16)9-18-13(15)17/h2-7H,1,8-10H2. The minimum Gasteiger partial charge on any atom is -0.349 e. The summed E-state index contributed by atoms with van der Waals surface area (Å²) in [6.45, 7) is 4.57. The van der Waals surface area contributed by atoms with Gasteiger partial charge in [0.1, 0.15) is 6.67 Å². The third kappa shape index (κ3) is 2.73. The van der Waals surface area contributed by atoms with Crippen LogP contribution in [0.25, 0.3) is 0 Å². The van der Waals surface area contributed by atoms with Crippen LogP contribution in [0.2, 0.25) is 0 Å². The van der Waals surface area contributed by atoms with Crippen LogP contribution in [-0.4, -0.2) is 35.0 Å². The van der Waals surface area contributed by atoms with Crippen LogP contribution in [0, 0.1) is 0 Å². The Hall–Kier alpha value is -1.75. The van der Waals surface area contributed by atoms with Gasteiger partial charge in [-0.3, -0.25) is 14.5 Å². The molecule has 0 spiro atoms. The van der Waals surface area contributed by atoms with Gasteiger partial charge in [0.25, 0.3) is 5.24 Å². The monoisotopic (exact) mass is 262 g/mol. The molecule has 1 aromatic carbocycles. The Kier molecular flexibility index (Phi) is 4.04. The molecule has 0 saturated carbocycles. The largest absolute Gasteiger partial charge is 0.349 e. The first-order valence-electron chi connectivity index (χ1n) is 5.60. The van der Waals surface area contributed by atoms with Crippen molar-refractivity contribution in [2.75, 3.05) is 23.9 Å². The molecular weight excluding hydrogens is 248 g/mol. The van der Waals surface area contributed by atoms with Gasteiger partial charge in [0, 0.05) is 12.2 Å². The van der Waals surface area contributed by atoms with Crippen LogP contribution in [0.15, 0.2) is 43.0 Å². The number of thioether (sulfide) groups is 1. The van der Waals surface area contributed by atoms with Crippen LogP contribution in [0.3, 0.4) is 0 Å². The first-order chi connectivity index (χ1) is 8.72. The summed E-state index contributed by atoms with van der Waals surface area (Å²) < 4.78 is 0. The van der Waals surface area contributed by atoms with Gasteiger partial charge in [0.05, 0.1) is 5.75 Å². The van der Waals surface area contributed by atoms with E-state index in [9.17, 15) is 9.59 Å². The lowest BCUT2D eigenvalue weighted by atomic mass is 10.3. The zero-order chi connectivity index (χ0) is 13.0. The van der Waals surface area contributed by atoms with E-state index in [0.717, 1.165) is 17.4 Å². The van der Waals surface area contributed by atoms with E-state index in [2.05, 4.69) is 6.58 Å². The molecule has 0 unspecified atom stereocenters. The van der Waals surface area contributed by atoms with Gasteiger partial charge in [-0.25, -0.2) is 0 Å². The molecule has 1 heterocycles. The molecule has 5 heteroatoms. The van der Waals surface area contributed by atoms with Crippen molar-refractivity contribution in [1.82, 2.24) is 4.90 Å². The predicted molar refractivity (Wildman–Crippen MR) is 73.6 cm³/mol. The van der Waals surface area contributed by atoms with Crippen molar-refractivity contribution in [3.63, 3.8) is 0 Å². The lowest BCUT2D eigenvalue weighted by Gasteiger charge is -2.27. The molecule has 4 nitrogen and oxygen atoms in total. The molecule has 0 bridgehead atoms. The summed E-state index contributed by atoms with van der Waals surface area (Å²) in [5.41, 5.74) is 0.968. The second-order valence-electron chi connectivity index (χ2n) is 3.86. The van der Waals surface area contributed by atoms with Gasteiger partial charge in [-0.15, -0.1) is 6.58 Å². The fourth-order valence-electron chi connectivity index (χ4n) is 1.73. The zero-order valence-electron chi connectivity index (χ0n) is 9.91. The summed E-state index contributed by atoms with van der Waals surface area (Å²) in [4.78, 5) is 26.4. The van der Waals surface area contributed by atoms with E-state index in [-0.39, 0.29) is 23.6 Å². The molecule has 1 fully saturated rings. The third-order valence-electron chi connectivity index (χ3n) is 2.62. The Morgan fingerprint density at radius 3 is 2.61 bits per heavy atom. The molecule has 18 heavy (non-hydrogen) atoms. The molecule has 0 N–H and O–H groups in total. The van der Waals surface area contributed by atoms with Crippen LogP contribution in [0.5, 0.6) is 0 Å². The van der Waals surface area contributed by atoms with Gasteiger partial charge in [-0.05, 0) is 12.1 Å². The van der Waals surface area contributed by atoms with Crippen LogP contribution >= 0.6 is 11.8 Å². The van der Waals surface area contributed by atoms with Crippen molar-refractivity contribution in [1.29, 1.82) is 0 Å². The summed E-state index contributed by atoms with van der Waals surface area (Å²) in [5, 5.41) is -0.176. The number of imide groups is 1. The van der Waals surface area contributed by atoms with E-state index < -0.39 is 0 Å². The van der Waals surface area contributed by atoms with E-state index in [0.29, 0.717) is 6.54 Å². The molecule has 0 aromatic heterocycles. The molecule has 2 rings (SSSR count). The fraction of sp³-hybridized carbons (Fsp3) is 0.231. The van der Waals surface area contributed by atoms with Crippen LogP contribution in [0.1, 0.15) is 0 Å². The van der Waals surface area contributed by atoms with Crippen LogP contribution in [-0.2, 0) is 4.79 Å². The quantitative estimate of drug-likeness (QED) is 0.764. The van der Waals surface area contributed by atoms with Crippen molar-refractivity contribution >= 4 is 28.6 Å². The van der Waals surface area contributed by atoms with Crippen molar-refractivity contribution in [3.8, 4) is 0 Å². The van der Waals surface area contributed by atoms with E-state index in [1.165, 1.54) is 4.90 Å². The number of carbonyl (C=O) groups is 2. The van der Waals surface area contributed by atoms with E-state index in [4.69, 9.17) is 0 Å². The predicted octanol–water partition coefficient (Wildman–Crippen LogP) is 2.33. The lowest BCUT2D eigenvalue weighted by Crippen LogP contribution is -2.40. The number of para-hydroxylation sites is 1. The van der Waals surface area contributed by atoms with Gasteiger partial charge < -0.3 is 4.90 Å². The first kappa shape index (κ1) is 12.7. The molecule has 1 aliphatic rings. The summed E-state index contributed by atoms with van der Waals surface area (Å²) in [6.07, 6.45) is 1.76. The number of hydrogen-bond donors (Lipinski definition) is 0. The highest BCUT2D eigenvalue weighted by Gasteiger charge is 2.31. The second kappa shape index (κ2) is 5.73. The molecule has 2 amide bonds. The summed E-state index contributed by atoms with van der Waals surface area (Å²) in [6, 6.07) is 9.67. The van der Waals surface area contributed by atoms with Gasteiger partial charge in [-0.1, -0.05) is 36.0 Å². The molecule has 1 aliphatic heterocycles. The Morgan fingerprint density at radius 2 is 2.06 bits per heavy atom. The average Bonchev–Trinajstić information content (AvgIpc) is 2.71. The molecule has 0 radical (unpaired) electrons. The number of rotatable bonds is 5. The first-order valence-corrected chi connectivity index (χ1v) is 6.59. The molecule has 0 atom stereocenters. The summed E-state index contributed by atoms with van der Waals surface area (Å²) in [7, 11) is 0. The maximum Gasteiger partial charge on any atom is 0.290 e. The number of anilines is 1. The number of nitrogens with zero attached hydrogens (tertiary/aromatic N) is 2. The highest BCUT2D eigenvalue weighted by atomic mass is 32.2. The number of amides is 2. The highest BCUT2D eigenvalue weighted by molar-refractivity contribution is 8.14. The van der Waals surface area contributed by atoms with Crippen molar-refractivity contribution in [2.24, 2.45) is 0 Å². The molecule has 0 aliphatic carbocycles. The third-order valence-corrected chi connectivity index (χ3v) is 3.48. The maximum atomic E-state index is 11.6. The van der Waals surface area contributed by atoms with Gasteiger partial charge in [0.2, 0.25) is 5.91 Å². The van der Waals surface area contributed by atoms with E-state index in [1.807, 2.05) is 35.2 Å². The smallest absolute Gasteiger partial charge is 0.290 e. The Balaban J connectivity index is 2.14. The van der Waals surface area contributed by atoms with Gasteiger partial charge in [0.15, 0.2) is 0 Å². The van der Waals surface area contributed by atoms with Gasteiger partial charge in [-0.2, -0.15) is 0 Å². The fourth-order valence-corrected chi connectivity index (χ4v) is 2.45. The zero-order valence-corrected chi connectivity index (χ0v) is 10.7. The van der Waals surface area contributed by atoms with Crippen molar-refractivity contribution in [3.05, 3.63) is 43.0 Å². The number of benzene rings is 1. The molecule has 1 saturated heterocycles. The lowest BCUT2D eigenvalue weighted by molar-refractivity contribution is -0.124. The highest BCUT2D eigenvalue weighted by Crippen LogP contribution is 2.21. The Morgan fingerprint density at radius 1 is 1.33 bits per heavy atom. The molecular formula is C13H14N2O2S. The number of carbonyl (C=O) groups excluding carboxylic acids is 2. The van der Waals surface area contributed by atoms with Gasteiger partial charge >= 0.3 is 0 Å². The summed E-state index contributed by atoms with van der Waals surface area (Å²) in [5.74, 6) is 0.116. The topological polar surface area (TPSA) is 40.6 Å².